The number of amides is 2. The highest BCUT2D eigenvalue weighted by Gasteiger charge is 2.41. The maximum Gasteiger partial charge on any atom is 0.418 e. The molecule has 49 heavy (non-hydrogen) atoms. The standard InChI is InChI=1S/C30H29F8N7O3S/c1-13-23(49-14(2)40-13)26(47)39-11-15-3-8-19(30(36,37)38)20(9-15)42-28-43-21-10-18(27(44-24(21)45-28)48-12-22(31)32)25(46)41-17-6-4-16(5-7-17)29(33,34)35/h3,8-10,16-17,22H,4-7,11-12H2,1-2H3,(H,39,47)(H,41,46)(H2,42,43,44,45)/t16-,17-. The van der Waals surface area contributed by atoms with Gasteiger partial charge in [-0.15, -0.1) is 11.3 Å². The third-order valence-electron chi connectivity index (χ3n) is 7.76. The summed E-state index contributed by atoms with van der Waals surface area (Å²) in [5.41, 5.74) is -1.20. The van der Waals surface area contributed by atoms with Crippen molar-refractivity contribution in [1.82, 2.24) is 30.6 Å². The molecule has 5 rings (SSSR count). The van der Waals surface area contributed by atoms with Crippen molar-refractivity contribution >= 4 is 46.0 Å². The summed E-state index contributed by atoms with van der Waals surface area (Å²) in [4.78, 5) is 41.2. The molecule has 1 fully saturated rings. The Morgan fingerprint density at radius 1 is 1.00 bits per heavy atom. The van der Waals surface area contributed by atoms with Crippen molar-refractivity contribution in [3.8, 4) is 5.88 Å². The Bertz CT molecular complexity index is 1830. The van der Waals surface area contributed by atoms with Crippen LogP contribution in [0.2, 0.25) is 0 Å². The molecule has 0 radical (unpaired) electrons. The van der Waals surface area contributed by atoms with Gasteiger partial charge in [0, 0.05) is 12.6 Å². The average molecular weight is 720 g/mol. The highest BCUT2D eigenvalue weighted by atomic mass is 32.1. The second-order valence-corrected chi connectivity index (χ2v) is 12.6. The van der Waals surface area contributed by atoms with Gasteiger partial charge in [-0.1, -0.05) is 6.07 Å². The average Bonchev–Trinajstić information content (AvgIpc) is 3.57. The van der Waals surface area contributed by atoms with Crippen LogP contribution in [0, 0.1) is 19.8 Å². The number of alkyl halides is 8. The minimum absolute atomic E-state index is 0.0319. The predicted octanol–water partition coefficient (Wildman–Crippen LogP) is 7.22. The van der Waals surface area contributed by atoms with Crippen LogP contribution in [-0.2, 0) is 12.7 Å². The number of aryl methyl sites for hydroxylation is 2. The minimum Gasteiger partial charge on any atom is -0.471 e. The molecular formula is C30H29F8N7O3S. The summed E-state index contributed by atoms with van der Waals surface area (Å²) in [5, 5.41) is 8.46. The fourth-order valence-corrected chi connectivity index (χ4v) is 6.25. The van der Waals surface area contributed by atoms with Gasteiger partial charge in [0.1, 0.15) is 16.0 Å². The van der Waals surface area contributed by atoms with Gasteiger partial charge in [-0.25, -0.2) is 18.7 Å². The number of nitrogens with zero attached hydrogens (tertiary/aromatic N) is 3. The number of carbonyl (C=O) groups is 2. The number of pyridine rings is 1. The van der Waals surface area contributed by atoms with Crippen molar-refractivity contribution in [2.45, 2.75) is 70.9 Å². The number of halogens is 8. The van der Waals surface area contributed by atoms with Gasteiger partial charge >= 0.3 is 12.4 Å². The lowest BCUT2D eigenvalue weighted by molar-refractivity contribution is -0.182. The van der Waals surface area contributed by atoms with E-state index >= 15 is 0 Å². The molecule has 3 heterocycles. The molecule has 1 aromatic carbocycles. The van der Waals surface area contributed by atoms with Crippen LogP contribution in [0.25, 0.3) is 11.2 Å². The van der Waals surface area contributed by atoms with Gasteiger partial charge in [-0.3, -0.25) is 9.59 Å². The number of carbonyl (C=O) groups excluding carboxylic acids is 2. The number of fused-ring (bicyclic) bond motifs is 1. The first-order valence-electron chi connectivity index (χ1n) is 14.9. The number of benzene rings is 1. The number of ether oxygens (including phenoxy) is 1. The zero-order valence-corrected chi connectivity index (χ0v) is 26.6. The fourth-order valence-electron chi connectivity index (χ4n) is 5.41. The summed E-state index contributed by atoms with van der Waals surface area (Å²) >= 11 is 1.18. The van der Waals surface area contributed by atoms with Crippen molar-refractivity contribution in [2.75, 3.05) is 11.9 Å². The Morgan fingerprint density at radius 3 is 2.33 bits per heavy atom. The Kier molecular flexibility index (Phi) is 10.3. The van der Waals surface area contributed by atoms with Crippen molar-refractivity contribution < 1.29 is 49.4 Å². The van der Waals surface area contributed by atoms with Crippen LogP contribution >= 0.6 is 11.3 Å². The third kappa shape index (κ3) is 8.73. The summed E-state index contributed by atoms with van der Waals surface area (Å²) in [6.07, 6.45) is -12.4. The Labute approximate surface area is 277 Å². The van der Waals surface area contributed by atoms with Crippen LogP contribution in [0.4, 0.5) is 46.8 Å². The molecule has 264 valence electrons. The largest absolute Gasteiger partial charge is 0.471 e. The number of rotatable bonds is 10. The maximum absolute atomic E-state index is 14.0. The minimum atomic E-state index is -4.80. The predicted molar refractivity (Wildman–Crippen MR) is 162 cm³/mol. The van der Waals surface area contributed by atoms with Gasteiger partial charge in [0.25, 0.3) is 18.2 Å². The molecule has 19 heteroatoms. The number of hydrogen-bond acceptors (Lipinski definition) is 8. The van der Waals surface area contributed by atoms with E-state index in [1.807, 2.05) is 0 Å². The van der Waals surface area contributed by atoms with E-state index in [9.17, 15) is 44.7 Å². The summed E-state index contributed by atoms with van der Waals surface area (Å²) in [7, 11) is 0. The molecule has 1 aliphatic carbocycles. The monoisotopic (exact) mass is 719 g/mol. The number of imidazole rings is 1. The molecule has 1 aliphatic rings. The van der Waals surface area contributed by atoms with Gasteiger partial charge < -0.3 is 25.7 Å². The van der Waals surface area contributed by atoms with Crippen molar-refractivity contribution in [3.63, 3.8) is 0 Å². The lowest BCUT2D eigenvalue weighted by Crippen LogP contribution is -2.40. The molecule has 4 aromatic rings. The van der Waals surface area contributed by atoms with E-state index in [0.717, 1.165) is 18.2 Å². The van der Waals surface area contributed by atoms with Crippen molar-refractivity contribution in [2.24, 2.45) is 5.92 Å². The number of nitrogens with one attached hydrogen (secondary N) is 4. The quantitative estimate of drug-likeness (QED) is 0.127. The molecule has 0 atom stereocenters. The first-order valence-corrected chi connectivity index (χ1v) is 15.7. The zero-order chi connectivity index (χ0) is 35.7. The zero-order valence-electron chi connectivity index (χ0n) is 25.8. The number of thiazole rings is 1. The lowest BCUT2D eigenvalue weighted by atomic mass is 9.85. The lowest BCUT2D eigenvalue weighted by Gasteiger charge is -2.30. The fraction of sp³-hybridized carbons (Fsp3) is 0.433. The number of anilines is 2. The maximum atomic E-state index is 14.0. The molecule has 0 spiro atoms. The first-order chi connectivity index (χ1) is 23.0. The van der Waals surface area contributed by atoms with Crippen LogP contribution < -0.4 is 20.7 Å². The van der Waals surface area contributed by atoms with E-state index in [1.54, 1.807) is 13.8 Å². The van der Waals surface area contributed by atoms with Crippen LogP contribution in [0.15, 0.2) is 24.3 Å². The van der Waals surface area contributed by atoms with Gasteiger partial charge in [0.15, 0.2) is 12.3 Å². The van der Waals surface area contributed by atoms with Crippen molar-refractivity contribution in [3.05, 3.63) is 56.5 Å². The molecule has 1 saturated carbocycles. The summed E-state index contributed by atoms with van der Waals surface area (Å²) < 4.78 is 112. The van der Waals surface area contributed by atoms with Crippen LogP contribution in [0.3, 0.4) is 0 Å². The van der Waals surface area contributed by atoms with E-state index in [0.29, 0.717) is 21.1 Å². The highest BCUT2D eigenvalue weighted by Crippen LogP contribution is 2.38. The van der Waals surface area contributed by atoms with Crippen LogP contribution in [0.5, 0.6) is 5.88 Å². The van der Waals surface area contributed by atoms with Crippen molar-refractivity contribution in [1.29, 1.82) is 0 Å². The van der Waals surface area contributed by atoms with Gasteiger partial charge in [0.05, 0.1) is 27.9 Å². The van der Waals surface area contributed by atoms with E-state index in [-0.39, 0.29) is 54.9 Å². The molecular weight excluding hydrogens is 690 g/mol. The molecule has 3 aromatic heterocycles. The Balaban J connectivity index is 1.38. The van der Waals surface area contributed by atoms with E-state index in [4.69, 9.17) is 4.74 Å². The van der Waals surface area contributed by atoms with Gasteiger partial charge in [-0.2, -0.15) is 31.3 Å². The normalized spacial score (nSPS) is 17.0. The molecule has 10 nitrogen and oxygen atoms in total. The smallest absolute Gasteiger partial charge is 0.418 e. The number of hydrogen-bond donors (Lipinski definition) is 4. The Morgan fingerprint density at radius 2 is 1.71 bits per heavy atom. The van der Waals surface area contributed by atoms with E-state index < -0.39 is 66.3 Å². The molecule has 0 aliphatic heterocycles. The first kappa shape index (κ1) is 35.7. The molecule has 0 saturated heterocycles. The number of aromatic nitrogens is 4. The SMILES string of the molecule is Cc1nc(C)c(C(=O)NCc2ccc(C(F)(F)F)c(Nc3nc4cc(C(=O)N[C@H]5CC[C@H](C(F)(F)F)CC5)c(OCC(F)F)nc4[nH]3)c2)s1. The number of H-pyrrole nitrogens is 1. The second-order valence-electron chi connectivity index (χ2n) is 11.4. The Hall–Kier alpha value is -4.55. The molecule has 0 unspecified atom stereocenters. The van der Waals surface area contributed by atoms with Crippen LogP contribution in [0.1, 0.15) is 67.5 Å². The second kappa shape index (κ2) is 14.1. The van der Waals surface area contributed by atoms with Gasteiger partial charge in [-0.05, 0) is 63.3 Å². The number of aromatic amines is 1. The highest BCUT2D eigenvalue weighted by molar-refractivity contribution is 7.13. The topological polar surface area (TPSA) is 134 Å². The molecule has 4 N–H and O–H groups in total. The molecule has 0 bridgehead atoms. The summed E-state index contributed by atoms with van der Waals surface area (Å²) in [6.45, 7) is 2.13. The van der Waals surface area contributed by atoms with E-state index in [1.165, 1.54) is 17.4 Å². The third-order valence-corrected chi connectivity index (χ3v) is 8.83. The molecule has 2 amide bonds. The van der Waals surface area contributed by atoms with E-state index in [2.05, 4.69) is 35.9 Å². The summed E-state index contributed by atoms with van der Waals surface area (Å²) in [5.74, 6) is -3.59. The van der Waals surface area contributed by atoms with Gasteiger partial charge in [0.2, 0.25) is 11.8 Å². The summed E-state index contributed by atoms with van der Waals surface area (Å²) in [6, 6.07) is 3.69. The van der Waals surface area contributed by atoms with Crippen LogP contribution in [-0.4, -0.2) is 57.0 Å².